The van der Waals surface area contributed by atoms with Crippen molar-refractivity contribution < 1.29 is 9.90 Å². The summed E-state index contributed by atoms with van der Waals surface area (Å²) in [5.41, 5.74) is 4.27. The first-order chi connectivity index (χ1) is 19.3. The lowest BCUT2D eigenvalue weighted by molar-refractivity contribution is 0.0713. The number of carbonyl (C=O) groups is 1. The Hall–Kier alpha value is -2.97. The smallest absolute Gasteiger partial charge is 0.253 e. The summed E-state index contributed by atoms with van der Waals surface area (Å²) in [6.07, 6.45) is 11.8. The number of hydrogen-bond acceptors (Lipinski definition) is 6. The molecule has 0 spiro atoms. The van der Waals surface area contributed by atoms with E-state index in [0.29, 0.717) is 23.9 Å². The van der Waals surface area contributed by atoms with Crippen LogP contribution >= 0.6 is 0 Å². The van der Waals surface area contributed by atoms with E-state index in [9.17, 15) is 9.90 Å². The summed E-state index contributed by atoms with van der Waals surface area (Å²) in [4.78, 5) is 27.1. The fourth-order valence-corrected chi connectivity index (χ4v) is 6.48. The van der Waals surface area contributed by atoms with Crippen molar-refractivity contribution in [2.75, 3.05) is 32.5 Å². The van der Waals surface area contributed by atoms with Gasteiger partial charge in [0, 0.05) is 55.1 Å². The number of hydrogen-bond donors (Lipinski definition) is 2. The van der Waals surface area contributed by atoms with Gasteiger partial charge in [0.1, 0.15) is 5.65 Å². The van der Waals surface area contributed by atoms with Crippen molar-refractivity contribution in [1.82, 2.24) is 24.3 Å². The van der Waals surface area contributed by atoms with Crippen molar-refractivity contribution in [2.24, 2.45) is 0 Å². The summed E-state index contributed by atoms with van der Waals surface area (Å²) in [5, 5.41) is 14.7. The number of aliphatic hydroxyl groups is 1. The highest BCUT2D eigenvalue weighted by Crippen LogP contribution is 2.38. The van der Waals surface area contributed by atoms with E-state index in [1.165, 1.54) is 11.1 Å². The van der Waals surface area contributed by atoms with Gasteiger partial charge in [0.2, 0.25) is 5.95 Å². The normalized spacial score (nSPS) is 21.2. The van der Waals surface area contributed by atoms with E-state index in [0.717, 1.165) is 87.6 Å². The van der Waals surface area contributed by atoms with Crippen LogP contribution in [-0.2, 0) is 6.54 Å². The SMILES string of the molecule is CCC[C@H](C)Nc1ncc2c(C3CCN(C(=O)c4ccc(CN(C)C)cc4)CC3)cn(C3CCC(O)CC3)c2n1. The minimum Gasteiger partial charge on any atom is -0.393 e. The number of benzene rings is 1. The summed E-state index contributed by atoms with van der Waals surface area (Å²) in [6.45, 7) is 6.74. The van der Waals surface area contributed by atoms with Crippen molar-refractivity contribution in [3.63, 3.8) is 0 Å². The Bertz CT molecular complexity index is 1270. The summed E-state index contributed by atoms with van der Waals surface area (Å²) < 4.78 is 2.36. The molecule has 0 unspecified atom stereocenters. The molecule has 1 aliphatic carbocycles. The number of fused-ring (bicyclic) bond motifs is 1. The molecule has 2 N–H and O–H groups in total. The first kappa shape index (κ1) is 28.6. The number of carbonyl (C=O) groups excluding carboxylic acids is 1. The predicted octanol–water partition coefficient (Wildman–Crippen LogP) is 5.59. The first-order valence-corrected chi connectivity index (χ1v) is 15.2. The van der Waals surface area contributed by atoms with Crippen LogP contribution in [0, 0.1) is 0 Å². The molecule has 2 fully saturated rings. The number of rotatable bonds is 9. The van der Waals surface area contributed by atoms with Crippen molar-refractivity contribution >= 4 is 22.9 Å². The van der Waals surface area contributed by atoms with E-state index in [1.54, 1.807) is 0 Å². The van der Waals surface area contributed by atoms with Gasteiger partial charge in [-0.05, 0) is 95.1 Å². The highest BCUT2D eigenvalue weighted by molar-refractivity contribution is 5.94. The van der Waals surface area contributed by atoms with E-state index < -0.39 is 0 Å². The summed E-state index contributed by atoms with van der Waals surface area (Å²) >= 11 is 0. The molecule has 40 heavy (non-hydrogen) atoms. The summed E-state index contributed by atoms with van der Waals surface area (Å²) in [6, 6.07) is 8.71. The second kappa shape index (κ2) is 12.7. The van der Waals surface area contributed by atoms with Gasteiger partial charge in [0.05, 0.1) is 6.10 Å². The van der Waals surface area contributed by atoms with Crippen LogP contribution in [0.25, 0.3) is 11.0 Å². The van der Waals surface area contributed by atoms with Gasteiger partial charge in [0.15, 0.2) is 0 Å². The molecule has 0 bridgehead atoms. The number of likely N-dealkylation sites (tertiary alicyclic amines) is 1. The average Bonchev–Trinajstić information content (AvgIpc) is 3.32. The summed E-state index contributed by atoms with van der Waals surface area (Å²) in [5.74, 6) is 1.18. The number of aliphatic hydroxyl groups excluding tert-OH is 1. The van der Waals surface area contributed by atoms with Crippen LogP contribution in [0.5, 0.6) is 0 Å². The highest BCUT2D eigenvalue weighted by atomic mass is 16.3. The third-order valence-electron chi connectivity index (χ3n) is 8.68. The number of nitrogens with one attached hydrogen (secondary N) is 1. The Morgan fingerprint density at radius 2 is 1.80 bits per heavy atom. The quantitative estimate of drug-likeness (QED) is 0.364. The molecule has 3 aromatic rings. The summed E-state index contributed by atoms with van der Waals surface area (Å²) in [7, 11) is 4.10. The molecule has 8 heteroatoms. The maximum atomic E-state index is 13.3. The zero-order valence-corrected chi connectivity index (χ0v) is 24.6. The minimum atomic E-state index is -0.189. The van der Waals surface area contributed by atoms with Crippen LogP contribution in [0.3, 0.4) is 0 Å². The van der Waals surface area contributed by atoms with Crippen molar-refractivity contribution in [3.8, 4) is 0 Å². The number of anilines is 1. The van der Waals surface area contributed by atoms with Gasteiger partial charge in [-0.3, -0.25) is 4.79 Å². The van der Waals surface area contributed by atoms with Gasteiger partial charge >= 0.3 is 0 Å². The Balaban J connectivity index is 1.33. The Morgan fingerprint density at radius 3 is 2.45 bits per heavy atom. The second-order valence-electron chi connectivity index (χ2n) is 12.2. The lowest BCUT2D eigenvalue weighted by atomic mass is 9.89. The van der Waals surface area contributed by atoms with Crippen molar-refractivity contribution in [3.05, 3.63) is 53.3 Å². The van der Waals surface area contributed by atoms with Crippen LogP contribution < -0.4 is 5.32 Å². The van der Waals surface area contributed by atoms with Crippen LogP contribution in [0.1, 0.15) is 98.7 Å². The Kier molecular flexibility index (Phi) is 9.06. The minimum absolute atomic E-state index is 0.123. The molecular weight excluding hydrogens is 500 g/mol. The lowest BCUT2D eigenvalue weighted by Crippen LogP contribution is -2.37. The topological polar surface area (TPSA) is 86.5 Å². The molecule has 3 heterocycles. The largest absolute Gasteiger partial charge is 0.393 e. The standard InChI is InChI=1S/C32H46N6O2/c1-5-6-22(2)34-32-33-19-28-29(21-38(30(28)35-32)26-11-13-27(39)14-12-26)24-15-17-37(18-16-24)31(40)25-9-7-23(8-10-25)20-36(3)4/h7-10,19,21-22,24,26-27,39H,5-6,11-18,20H2,1-4H3,(H,33,34,35)/t22-,26?,27?/m0/s1. The predicted molar refractivity (Wildman–Crippen MR) is 161 cm³/mol. The van der Waals surface area contributed by atoms with Gasteiger partial charge in [-0.15, -0.1) is 0 Å². The molecule has 5 rings (SSSR count). The van der Waals surface area contributed by atoms with Crippen LogP contribution in [0.2, 0.25) is 0 Å². The second-order valence-corrected chi connectivity index (χ2v) is 12.2. The Morgan fingerprint density at radius 1 is 1.10 bits per heavy atom. The molecule has 1 aliphatic heterocycles. The van der Waals surface area contributed by atoms with Gasteiger partial charge in [-0.1, -0.05) is 25.5 Å². The van der Waals surface area contributed by atoms with Crippen molar-refractivity contribution in [2.45, 2.75) is 95.9 Å². The average molecular weight is 547 g/mol. The van der Waals surface area contributed by atoms with E-state index >= 15 is 0 Å². The Labute approximate surface area is 238 Å². The molecule has 1 amide bonds. The molecule has 8 nitrogen and oxygen atoms in total. The van der Waals surface area contributed by atoms with Gasteiger partial charge in [-0.25, -0.2) is 4.98 Å². The van der Waals surface area contributed by atoms with Gasteiger partial charge in [-0.2, -0.15) is 4.98 Å². The number of piperidine rings is 1. The lowest BCUT2D eigenvalue weighted by Gasteiger charge is -2.32. The van der Waals surface area contributed by atoms with E-state index in [4.69, 9.17) is 9.97 Å². The number of amides is 1. The zero-order chi connectivity index (χ0) is 28.2. The van der Waals surface area contributed by atoms with E-state index in [-0.39, 0.29) is 12.0 Å². The molecule has 216 valence electrons. The fourth-order valence-electron chi connectivity index (χ4n) is 6.48. The highest BCUT2D eigenvalue weighted by Gasteiger charge is 2.29. The maximum Gasteiger partial charge on any atom is 0.253 e. The molecule has 1 atom stereocenters. The fraction of sp³-hybridized carbons (Fsp3) is 0.594. The molecule has 1 aromatic carbocycles. The molecule has 0 radical (unpaired) electrons. The first-order valence-electron chi connectivity index (χ1n) is 15.2. The van der Waals surface area contributed by atoms with Gasteiger partial charge in [0.25, 0.3) is 5.91 Å². The van der Waals surface area contributed by atoms with E-state index in [2.05, 4.69) is 61.1 Å². The maximum absolute atomic E-state index is 13.3. The molecule has 2 aliphatic rings. The number of nitrogens with zero attached hydrogens (tertiary/aromatic N) is 5. The monoisotopic (exact) mass is 546 g/mol. The molecule has 2 aromatic heterocycles. The van der Waals surface area contributed by atoms with Gasteiger partial charge < -0.3 is 24.8 Å². The molecule has 1 saturated heterocycles. The van der Waals surface area contributed by atoms with Crippen LogP contribution in [0.4, 0.5) is 5.95 Å². The number of aromatic nitrogens is 3. The van der Waals surface area contributed by atoms with Crippen LogP contribution in [-0.4, -0.2) is 74.7 Å². The van der Waals surface area contributed by atoms with E-state index in [1.807, 2.05) is 23.2 Å². The van der Waals surface area contributed by atoms with Crippen LogP contribution in [0.15, 0.2) is 36.7 Å². The third-order valence-corrected chi connectivity index (χ3v) is 8.68. The zero-order valence-electron chi connectivity index (χ0n) is 24.6. The molecule has 1 saturated carbocycles. The molecular formula is C32H46N6O2. The van der Waals surface area contributed by atoms with Crippen molar-refractivity contribution in [1.29, 1.82) is 0 Å². The third kappa shape index (κ3) is 6.50.